The molecule has 0 aliphatic heterocycles. The van der Waals surface area contributed by atoms with Crippen molar-refractivity contribution in [3.05, 3.63) is 28.8 Å². The van der Waals surface area contributed by atoms with E-state index >= 15 is 0 Å². The van der Waals surface area contributed by atoms with Crippen LogP contribution in [-0.2, 0) is 5.41 Å². The third kappa shape index (κ3) is 3.03. The zero-order valence-corrected chi connectivity index (χ0v) is 12.1. The van der Waals surface area contributed by atoms with Crippen molar-refractivity contribution in [2.24, 2.45) is 5.73 Å². The Morgan fingerprint density at radius 2 is 1.94 bits per heavy atom. The van der Waals surface area contributed by atoms with Gasteiger partial charge in [-0.25, -0.2) is 0 Å². The molecular formula is C15H25NO2. The second-order valence-electron chi connectivity index (χ2n) is 5.80. The molecule has 0 aliphatic carbocycles. The minimum Gasteiger partial charge on any atom is -0.496 e. The maximum Gasteiger partial charge on any atom is 0.126 e. The van der Waals surface area contributed by atoms with Crippen LogP contribution in [0.3, 0.4) is 0 Å². The first-order chi connectivity index (χ1) is 8.35. The second-order valence-corrected chi connectivity index (χ2v) is 5.80. The van der Waals surface area contributed by atoms with E-state index in [0.29, 0.717) is 6.54 Å². The molecule has 0 saturated carbocycles. The molecule has 102 valence electrons. The monoisotopic (exact) mass is 251 g/mol. The van der Waals surface area contributed by atoms with Gasteiger partial charge in [-0.1, -0.05) is 38.5 Å². The van der Waals surface area contributed by atoms with Gasteiger partial charge in [0, 0.05) is 23.6 Å². The highest BCUT2D eigenvalue weighted by molar-refractivity contribution is 5.49. The molecule has 1 unspecified atom stereocenters. The molecule has 0 bridgehead atoms. The van der Waals surface area contributed by atoms with E-state index in [1.165, 1.54) is 5.56 Å². The Hall–Kier alpha value is -1.06. The predicted molar refractivity (Wildman–Crippen MR) is 75.3 cm³/mol. The van der Waals surface area contributed by atoms with Crippen LogP contribution in [0.2, 0.25) is 0 Å². The summed E-state index contributed by atoms with van der Waals surface area (Å²) < 4.78 is 5.58. The molecule has 0 heterocycles. The molecule has 0 aliphatic rings. The Kier molecular flexibility index (Phi) is 4.77. The lowest BCUT2D eigenvalue weighted by Gasteiger charge is -2.27. The van der Waals surface area contributed by atoms with Gasteiger partial charge >= 0.3 is 0 Å². The van der Waals surface area contributed by atoms with Gasteiger partial charge in [0.1, 0.15) is 5.75 Å². The van der Waals surface area contributed by atoms with Crippen LogP contribution in [0.15, 0.2) is 12.1 Å². The minimum absolute atomic E-state index is 0.000712. The number of benzene rings is 1. The molecule has 0 amide bonds. The minimum atomic E-state index is -0.0686. The van der Waals surface area contributed by atoms with Gasteiger partial charge in [-0.3, -0.25) is 0 Å². The first kappa shape index (κ1) is 15.0. The van der Waals surface area contributed by atoms with Crippen LogP contribution in [-0.4, -0.2) is 25.4 Å². The van der Waals surface area contributed by atoms with Crippen LogP contribution < -0.4 is 10.5 Å². The van der Waals surface area contributed by atoms with E-state index in [2.05, 4.69) is 39.8 Å². The molecule has 1 aromatic rings. The van der Waals surface area contributed by atoms with Crippen LogP contribution in [0, 0.1) is 6.92 Å². The Bertz CT molecular complexity index is 404. The van der Waals surface area contributed by atoms with Gasteiger partial charge in [0.25, 0.3) is 0 Å². The van der Waals surface area contributed by atoms with Gasteiger partial charge in [0.2, 0.25) is 0 Å². The van der Waals surface area contributed by atoms with E-state index in [0.717, 1.165) is 16.9 Å². The lowest BCUT2D eigenvalue weighted by Crippen LogP contribution is -2.20. The van der Waals surface area contributed by atoms with E-state index in [-0.39, 0.29) is 17.9 Å². The zero-order chi connectivity index (χ0) is 13.9. The molecule has 0 fully saturated rings. The summed E-state index contributed by atoms with van der Waals surface area (Å²) in [6.45, 7) is 8.99. The first-order valence-electron chi connectivity index (χ1n) is 6.35. The van der Waals surface area contributed by atoms with Gasteiger partial charge in [-0.15, -0.1) is 0 Å². The van der Waals surface area contributed by atoms with E-state index in [9.17, 15) is 5.11 Å². The maximum absolute atomic E-state index is 9.45. The smallest absolute Gasteiger partial charge is 0.126 e. The number of methoxy groups -OCH3 is 1. The van der Waals surface area contributed by atoms with Gasteiger partial charge in [-0.2, -0.15) is 0 Å². The van der Waals surface area contributed by atoms with Crippen molar-refractivity contribution in [3.63, 3.8) is 0 Å². The van der Waals surface area contributed by atoms with Gasteiger partial charge in [-0.05, 0) is 12.3 Å². The van der Waals surface area contributed by atoms with Crippen molar-refractivity contribution in [1.29, 1.82) is 0 Å². The molecule has 0 saturated heterocycles. The molecule has 3 N–H and O–H groups in total. The van der Waals surface area contributed by atoms with Gasteiger partial charge in [0.15, 0.2) is 0 Å². The average molecular weight is 251 g/mol. The number of nitrogens with two attached hydrogens (primary N) is 1. The normalized spacial score (nSPS) is 13.5. The van der Waals surface area contributed by atoms with Crippen LogP contribution in [0.25, 0.3) is 0 Å². The number of aliphatic hydroxyl groups is 1. The van der Waals surface area contributed by atoms with Crippen molar-refractivity contribution in [2.75, 3.05) is 20.3 Å². The highest BCUT2D eigenvalue weighted by Gasteiger charge is 2.24. The highest BCUT2D eigenvalue weighted by Crippen LogP contribution is 2.38. The summed E-state index contributed by atoms with van der Waals surface area (Å²) in [7, 11) is 1.67. The van der Waals surface area contributed by atoms with Crippen molar-refractivity contribution in [1.82, 2.24) is 0 Å². The number of aliphatic hydroxyl groups excluding tert-OH is 1. The number of hydrogen-bond donors (Lipinski definition) is 2. The topological polar surface area (TPSA) is 55.5 Å². The molecule has 1 aromatic carbocycles. The number of aryl methyl sites for hydroxylation is 1. The number of ether oxygens (including phenoxy) is 1. The molecular weight excluding hydrogens is 226 g/mol. The Labute approximate surface area is 110 Å². The van der Waals surface area contributed by atoms with Crippen LogP contribution in [0.5, 0.6) is 5.75 Å². The largest absolute Gasteiger partial charge is 0.496 e. The Morgan fingerprint density at radius 1 is 1.33 bits per heavy atom. The first-order valence-corrected chi connectivity index (χ1v) is 6.35. The molecule has 1 atom stereocenters. The summed E-state index contributed by atoms with van der Waals surface area (Å²) >= 11 is 0. The quantitative estimate of drug-likeness (QED) is 0.863. The number of hydrogen-bond acceptors (Lipinski definition) is 3. The molecule has 0 radical (unpaired) electrons. The second kappa shape index (κ2) is 5.72. The average Bonchev–Trinajstić information content (AvgIpc) is 2.29. The maximum atomic E-state index is 9.45. The molecule has 1 rings (SSSR count). The molecule has 3 heteroatoms. The zero-order valence-electron chi connectivity index (χ0n) is 12.1. The van der Waals surface area contributed by atoms with Crippen molar-refractivity contribution < 1.29 is 9.84 Å². The molecule has 3 nitrogen and oxygen atoms in total. The van der Waals surface area contributed by atoms with E-state index in [1.54, 1.807) is 7.11 Å². The molecule has 0 aromatic heterocycles. The third-order valence-corrected chi connectivity index (χ3v) is 3.22. The van der Waals surface area contributed by atoms with Crippen molar-refractivity contribution >= 4 is 0 Å². The fourth-order valence-corrected chi connectivity index (χ4v) is 2.19. The lowest BCUT2D eigenvalue weighted by atomic mass is 9.82. The van der Waals surface area contributed by atoms with Crippen LogP contribution in [0.1, 0.15) is 43.4 Å². The summed E-state index contributed by atoms with van der Waals surface area (Å²) in [4.78, 5) is 0. The number of rotatable bonds is 4. The highest BCUT2D eigenvalue weighted by atomic mass is 16.5. The SMILES string of the molecule is COc1c(C(CN)CO)cc(C)cc1C(C)(C)C. The van der Waals surface area contributed by atoms with Crippen molar-refractivity contribution in [2.45, 2.75) is 39.0 Å². The Balaban J connectivity index is 3.47. The molecule has 18 heavy (non-hydrogen) atoms. The fraction of sp³-hybridized carbons (Fsp3) is 0.600. The van der Waals surface area contributed by atoms with E-state index in [1.807, 2.05) is 0 Å². The third-order valence-electron chi connectivity index (χ3n) is 3.22. The summed E-state index contributed by atoms with van der Waals surface area (Å²) in [5.74, 6) is 0.790. The van der Waals surface area contributed by atoms with Crippen LogP contribution >= 0.6 is 0 Å². The predicted octanol–water partition coefficient (Wildman–Crippen LogP) is 2.34. The van der Waals surface area contributed by atoms with E-state index in [4.69, 9.17) is 10.5 Å². The lowest BCUT2D eigenvalue weighted by molar-refractivity contribution is 0.264. The van der Waals surface area contributed by atoms with Gasteiger partial charge < -0.3 is 15.6 Å². The Morgan fingerprint density at radius 3 is 2.33 bits per heavy atom. The van der Waals surface area contributed by atoms with Gasteiger partial charge in [0.05, 0.1) is 13.7 Å². The summed E-state index contributed by atoms with van der Waals surface area (Å²) in [5.41, 5.74) is 9.07. The summed E-state index contributed by atoms with van der Waals surface area (Å²) in [6, 6.07) is 4.20. The molecule has 0 spiro atoms. The summed E-state index contributed by atoms with van der Waals surface area (Å²) in [5, 5.41) is 9.45. The summed E-state index contributed by atoms with van der Waals surface area (Å²) in [6.07, 6.45) is 0. The standard InChI is InChI=1S/C15H25NO2/c1-10-6-12(11(8-16)9-17)14(18-5)13(7-10)15(2,3)4/h6-7,11,17H,8-9,16H2,1-5H3. The van der Waals surface area contributed by atoms with E-state index < -0.39 is 0 Å². The fourth-order valence-electron chi connectivity index (χ4n) is 2.19. The van der Waals surface area contributed by atoms with Crippen molar-refractivity contribution in [3.8, 4) is 5.75 Å². The van der Waals surface area contributed by atoms with Crippen LogP contribution in [0.4, 0.5) is 0 Å².